The monoisotopic (exact) mass is 661 g/mol. The van der Waals surface area contributed by atoms with Gasteiger partial charge >= 0.3 is 0 Å². The molecule has 4 aromatic rings. The van der Waals surface area contributed by atoms with Crippen molar-refractivity contribution in [2.45, 2.75) is 44.7 Å². The molecule has 2 amide bonds. The summed E-state index contributed by atoms with van der Waals surface area (Å²) in [7, 11) is -2.66. The van der Waals surface area contributed by atoms with Gasteiger partial charge in [-0.15, -0.1) is 0 Å². The van der Waals surface area contributed by atoms with Crippen LogP contribution in [0.25, 0.3) is 0 Å². The number of hydrogen-bond acceptors (Lipinski definition) is 5. The summed E-state index contributed by atoms with van der Waals surface area (Å²) in [6.45, 7) is 5.76. The van der Waals surface area contributed by atoms with Crippen molar-refractivity contribution >= 4 is 39.1 Å². The summed E-state index contributed by atoms with van der Waals surface area (Å²) in [6, 6.07) is 28.5. The highest BCUT2D eigenvalue weighted by Gasteiger charge is 2.34. The summed E-state index contributed by atoms with van der Waals surface area (Å²) in [5.74, 6) is -0.0791. The van der Waals surface area contributed by atoms with Crippen LogP contribution in [0.2, 0.25) is 5.02 Å². The topological polar surface area (TPSA) is 96.0 Å². The predicted octanol–water partition coefficient (Wildman–Crippen LogP) is 6.26. The van der Waals surface area contributed by atoms with E-state index >= 15 is 0 Å². The first kappa shape index (κ1) is 34.5. The molecule has 0 heterocycles. The van der Waals surface area contributed by atoms with E-state index in [4.69, 9.17) is 16.3 Å². The first-order chi connectivity index (χ1) is 22.0. The maximum absolute atomic E-state index is 14.6. The largest absolute Gasteiger partial charge is 0.497 e. The van der Waals surface area contributed by atoms with Crippen molar-refractivity contribution in [1.29, 1.82) is 0 Å². The molecule has 4 aromatic carbocycles. The maximum atomic E-state index is 14.6. The third-order valence-corrected chi connectivity index (χ3v) is 9.45. The molecule has 10 heteroatoms. The van der Waals surface area contributed by atoms with Crippen molar-refractivity contribution in [3.05, 3.63) is 125 Å². The van der Waals surface area contributed by atoms with E-state index in [9.17, 15) is 18.0 Å². The number of hydrogen-bond donors (Lipinski definition) is 1. The van der Waals surface area contributed by atoms with Crippen LogP contribution in [0.1, 0.15) is 30.5 Å². The zero-order valence-electron chi connectivity index (χ0n) is 26.5. The third kappa shape index (κ3) is 9.11. The van der Waals surface area contributed by atoms with E-state index in [0.717, 1.165) is 21.0 Å². The average molecular weight is 662 g/mol. The first-order valence-corrected chi connectivity index (χ1v) is 16.9. The Kier molecular flexibility index (Phi) is 11.8. The Morgan fingerprint density at radius 2 is 1.54 bits per heavy atom. The average Bonchev–Trinajstić information content (AvgIpc) is 3.04. The van der Waals surface area contributed by atoms with Crippen LogP contribution in [-0.4, -0.2) is 51.4 Å². The Morgan fingerprint density at radius 3 is 2.20 bits per heavy atom. The van der Waals surface area contributed by atoms with Gasteiger partial charge in [0.25, 0.3) is 10.0 Å². The molecule has 1 unspecified atom stereocenters. The van der Waals surface area contributed by atoms with Crippen LogP contribution in [0.15, 0.2) is 108 Å². The number of methoxy groups -OCH3 is 1. The lowest BCUT2D eigenvalue weighted by Crippen LogP contribution is -2.53. The minimum Gasteiger partial charge on any atom is -0.497 e. The summed E-state index contributed by atoms with van der Waals surface area (Å²) < 4.78 is 34.8. The van der Waals surface area contributed by atoms with Gasteiger partial charge in [0.05, 0.1) is 17.7 Å². The molecule has 0 fully saturated rings. The SMILES string of the molecule is COc1cccc(CN(C(=O)CN(c2cccc(C)c2)S(=O)(=O)c2ccc(Cl)cc2)C(Cc2ccccc2)C(=O)NCC(C)C)c1. The normalized spacial score (nSPS) is 12.0. The number of amides is 2. The van der Waals surface area contributed by atoms with Crippen LogP contribution >= 0.6 is 11.6 Å². The number of sulfonamides is 1. The molecule has 0 saturated heterocycles. The number of carbonyl (C=O) groups is 2. The Bertz CT molecular complexity index is 1730. The van der Waals surface area contributed by atoms with Gasteiger partial charge in [0.2, 0.25) is 11.8 Å². The number of rotatable bonds is 14. The van der Waals surface area contributed by atoms with Crippen molar-refractivity contribution < 1.29 is 22.7 Å². The van der Waals surface area contributed by atoms with Gasteiger partial charge in [0.15, 0.2) is 0 Å². The van der Waals surface area contributed by atoms with Crippen LogP contribution in [0.4, 0.5) is 5.69 Å². The van der Waals surface area contributed by atoms with E-state index in [1.54, 1.807) is 37.4 Å². The lowest BCUT2D eigenvalue weighted by Gasteiger charge is -2.34. The molecular weight excluding hydrogens is 622 g/mol. The Labute approximate surface area is 277 Å². The van der Waals surface area contributed by atoms with Gasteiger partial charge in [-0.2, -0.15) is 0 Å². The quantitative estimate of drug-likeness (QED) is 0.172. The number of aryl methyl sites for hydroxylation is 1. The summed E-state index contributed by atoms with van der Waals surface area (Å²) in [6.07, 6.45) is 0.231. The summed E-state index contributed by atoms with van der Waals surface area (Å²) in [5.41, 5.74) is 2.74. The second-order valence-electron chi connectivity index (χ2n) is 11.5. The number of nitrogens with zero attached hydrogens (tertiary/aromatic N) is 2. The number of nitrogens with one attached hydrogen (secondary N) is 1. The summed E-state index contributed by atoms with van der Waals surface area (Å²) in [4.78, 5) is 29.9. The standard InChI is InChI=1S/C36H40ClN3O5S/c1-26(2)23-38-36(42)34(22-28-11-6-5-7-12-28)39(24-29-13-9-15-32(21-29)45-4)35(41)25-40(31-14-8-10-27(3)20-31)46(43,44)33-18-16-30(37)17-19-33/h5-21,26,34H,22-25H2,1-4H3,(H,38,42). The zero-order chi connectivity index (χ0) is 33.3. The molecule has 1 N–H and O–H groups in total. The molecule has 46 heavy (non-hydrogen) atoms. The molecule has 0 aliphatic heterocycles. The van der Waals surface area contributed by atoms with Gasteiger partial charge in [0.1, 0.15) is 18.3 Å². The fourth-order valence-electron chi connectivity index (χ4n) is 4.99. The molecule has 8 nitrogen and oxygen atoms in total. The van der Waals surface area contributed by atoms with Crippen molar-refractivity contribution in [2.75, 3.05) is 24.5 Å². The molecule has 0 bridgehead atoms. The van der Waals surface area contributed by atoms with Gasteiger partial charge in [-0.05, 0) is 78.1 Å². The van der Waals surface area contributed by atoms with Crippen molar-refractivity contribution in [1.82, 2.24) is 10.2 Å². The molecular formula is C36H40ClN3O5S. The molecule has 0 spiro atoms. The van der Waals surface area contributed by atoms with Crippen LogP contribution in [0.5, 0.6) is 5.75 Å². The van der Waals surface area contributed by atoms with E-state index in [0.29, 0.717) is 23.0 Å². The van der Waals surface area contributed by atoms with Crippen molar-refractivity contribution in [3.8, 4) is 5.75 Å². The van der Waals surface area contributed by atoms with E-state index in [2.05, 4.69) is 5.32 Å². The van der Waals surface area contributed by atoms with Gasteiger partial charge in [-0.25, -0.2) is 8.42 Å². The third-order valence-electron chi connectivity index (χ3n) is 7.41. The molecule has 0 aromatic heterocycles. The van der Waals surface area contributed by atoms with E-state index < -0.39 is 28.5 Å². The highest BCUT2D eigenvalue weighted by atomic mass is 35.5. The number of halogens is 1. The molecule has 0 saturated carbocycles. The Hall–Kier alpha value is -4.34. The number of benzene rings is 4. The van der Waals surface area contributed by atoms with E-state index in [1.807, 2.05) is 69.3 Å². The number of ether oxygens (including phenoxy) is 1. The molecule has 0 aliphatic carbocycles. The van der Waals surface area contributed by atoms with Gasteiger partial charge < -0.3 is 15.0 Å². The fraction of sp³-hybridized carbons (Fsp3) is 0.278. The predicted molar refractivity (Wildman–Crippen MR) is 182 cm³/mol. The Morgan fingerprint density at radius 1 is 0.870 bits per heavy atom. The lowest BCUT2D eigenvalue weighted by atomic mass is 10.0. The van der Waals surface area contributed by atoms with Gasteiger partial charge in [-0.1, -0.05) is 80.0 Å². The highest BCUT2D eigenvalue weighted by Crippen LogP contribution is 2.27. The highest BCUT2D eigenvalue weighted by molar-refractivity contribution is 7.92. The van der Waals surface area contributed by atoms with Gasteiger partial charge in [-0.3, -0.25) is 13.9 Å². The molecule has 1 atom stereocenters. The smallest absolute Gasteiger partial charge is 0.264 e. The Balaban J connectivity index is 1.81. The van der Waals surface area contributed by atoms with Gasteiger partial charge in [0, 0.05) is 24.5 Å². The molecule has 0 aliphatic rings. The molecule has 242 valence electrons. The van der Waals surface area contributed by atoms with E-state index in [-0.39, 0.29) is 29.7 Å². The fourth-order valence-corrected chi connectivity index (χ4v) is 6.52. The van der Waals surface area contributed by atoms with Crippen LogP contribution in [0.3, 0.4) is 0 Å². The second kappa shape index (κ2) is 15.8. The summed E-state index contributed by atoms with van der Waals surface area (Å²) >= 11 is 6.06. The van der Waals surface area contributed by atoms with Crippen molar-refractivity contribution in [2.24, 2.45) is 5.92 Å². The zero-order valence-corrected chi connectivity index (χ0v) is 28.1. The maximum Gasteiger partial charge on any atom is 0.264 e. The summed E-state index contributed by atoms with van der Waals surface area (Å²) in [5, 5.41) is 3.38. The van der Waals surface area contributed by atoms with Crippen LogP contribution < -0.4 is 14.4 Å². The van der Waals surface area contributed by atoms with Crippen LogP contribution in [0, 0.1) is 12.8 Å². The number of carbonyl (C=O) groups excluding carboxylic acids is 2. The number of anilines is 1. The molecule has 0 radical (unpaired) electrons. The lowest BCUT2D eigenvalue weighted by molar-refractivity contribution is -0.140. The van der Waals surface area contributed by atoms with E-state index in [1.165, 1.54) is 29.2 Å². The molecule has 4 rings (SSSR count). The second-order valence-corrected chi connectivity index (χ2v) is 13.8. The minimum absolute atomic E-state index is 0.0129. The first-order valence-electron chi connectivity index (χ1n) is 15.1. The van der Waals surface area contributed by atoms with Crippen molar-refractivity contribution in [3.63, 3.8) is 0 Å². The minimum atomic E-state index is -4.22. The van der Waals surface area contributed by atoms with Crippen LogP contribution in [-0.2, 0) is 32.6 Å².